The van der Waals surface area contributed by atoms with Gasteiger partial charge in [0.05, 0.1) is 17.3 Å². The summed E-state index contributed by atoms with van der Waals surface area (Å²) in [5, 5.41) is 9.02. The number of pyridine rings is 1. The number of nitriles is 1. The van der Waals surface area contributed by atoms with E-state index in [9.17, 15) is 0 Å². The molecule has 0 radical (unpaired) electrons. The Labute approximate surface area is 124 Å². The van der Waals surface area contributed by atoms with Gasteiger partial charge in [0, 0.05) is 11.8 Å². The molecule has 0 unspecified atom stereocenters. The third-order valence-electron chi connectivity index (χ3n) is 3.48. The van der Waals surface area contributed by atoms with Gasteiger partial charge in [0.1, 0.15) is 0 Å². The van der Waals surface area contributed by atoms with Crippen LogP contribution in [0.15, 0.2) is 66.9 Å². The zero-order valence-corrected chi connectivity index (χ0v) is 11.7. The van der Waals surface area contributed by atoms with Gasteiger partial charge in [0.15, 0.2) is 0 Å². The van der Waals surface area contributed by atoms with Crippen LogP contribution in [0.4, 0.5) is 0 Å². The van der Waals surface area contributed by atoms with Gasteiger partial charge in [-0.15, -0.1) is 0 Å². The van der Waals surface area contributed by atoms with Gasteiger partial charge in [-0.3, -0.25) is 4.98 Å². The van der Waals surface area contributed by atoms with E-state index in [1.165, 1.54) is 11.1 Å². The Morgan fingerprint density at radius 1 is 0.905 bits per heavy atom. The predicted molar refractivity (Wildman–Crippen MR) is 84.6 cm³/mol. The minimum absolute atomic E-state index is 0.649. The summed E-state index contributed by atoms with van der Waals surface area (Å²) in [5.41, 5.74) is 5.98. The van der Waals surface area contributed by atoms with Crippen molar-refractivity contribution in [3.63, 3.8) is 0 Å². The van der Waals surface area contributed by atoms with Crippen LogP contribution in [-0.4, -0.2) is 4.98 Å². The van der Waals surface area contributed by atoms with Crippen molar-refractivity contribution >= 4 is 0 Å². The average molecular weight is 270 g/mol. The lowest BCUT2D eigenvalue weighted by Gasteiger charge is -2.09. The molecule has 0 atom stereocenters. The molecule has 2 nitrogen and oxygen atoms in total. The standard InChI is InChI=1S/C19H14N2/c1-14-13-21-19(17-9-5-6-15(10-17)12-20)11-18(14)16-7-3-2-4-8-16/h2-11,13H,1H3. The summed E-state index contributed by atoms with van der Waals surface area (Å²) < 4.78 is 0. The van der Waals surface area contributed by atoms with Crippen LogP contribution in [0.3, 0.4) is 0 Å². The van der Waals surface area contributed by atoms with E-state index < -0.39 is 0 Å². The Hall–Kier alpha value is -2.92. The molecule has 0 bridgehead atoms. The van der Waals surface area contributed by atoms with Crippen LogP contribution >= 0.6 is 0 Å². The van der Waals surface area contributed by atoms with Crippen molar-refractivity contribution in [3.8, 4) is 28.5 Å². The quantitative estimate of drug-likeness (QED) is 0.682. The molecule has 0 aliphatic rings. The normalized spacial score (nSPS) is 10.1. The fourth-order valence-electron chi connectivity index (χ4n) is 2.36. The Bertz CT molecular complexity index is 814. The highest BCUT2D eigenvalue weighted by atomic mass is 14.7. The maximum Gasteiger partial charge on any atom is 0.0991 e. The minimum atomic E-state index is 0.649. The van der Waals surface area contributed by atoms with E-state index in [0.29, 0.717) is 5.56 Å². The van der Waals surface area contributed by atoms with E-state index in [-0.39, 0.29) is 0 Å². The van der Waals surface area contributed by atoms with Crippen LogP contribution in [0.1, 0.15) is 11.1 Å². The highest BCUT2D eigenvalue weighted by Gasteiger charge is 2.06. The highest BCUT2D eigenvalue weighted by molar-refractivity contribution is 5.73. The smallest absolute Gasteiger partial charge is 0.0991 e. The van der Waals surface area contributed by atoms with Gasteiger partial charge in [-0.2, -0.15) is 5.26 Å². The molecule has 2 aromatic carbocycles. The van der Waals surface area contributed by atoms with Gasteiger partial charge in [-0.05, 0) is 41.8 Å². The van der Waals surface area contributed by atoms with E-state index >= 15 is 0 Å². The van der Waals surface area contributed by atoms with Crippen molar-refractivity contribution in [2.45, 2.75) is 6.92 Å². The predicted octanol–water partition coefficient (Wildman–Crippen LogP) is 4.60. The molecule has 1 heterocycles. The first kappa shape index (κ1) is 13.1. The second kappa shape index (κ2) is 5.60. The Balaban J connectivity index is 2.12. The molecule has 3 rings (SSSR count). The molecule has 0 fully saturated rings. The van der Waals surface area contributed by atoms with Crippen LogP contribution in [0, 0.1) is 18.3 Å². The molecule has 3 aromatic rings. The fraction of sp³-hybridized carbons (Fsp3) is 0.0526. The summed E-state index contributed by atoms with van der Waals surface area (Å²) in [6.45, 7) is 2.06. The monoisotopic (exact) mass is 270 g/mol. The summed E-state index contributed by atoms with van der Waals surface area (Å²) in [6.07, 6.45) is 1.89. The van der Waals surface area contributed by atoms with Crippen LogP contribution in [0.2, 0.25) is 0 Å². The Kier molecular flexibility index (Phi) is 3.49. The lowest BCUT2D eigenvalue weighted by atomic mass is 9.99. The third-order valence-corrected chi connectivity index (χ3v) is 3.48. The summed E-state index contributed by atoms with van der Waals surface area (Å²) >= 11 is 0. The number of hydrogen-bond acceptors (Lipinski definition) is 2. The molecule has 2 heteroatoms. The summed E-state index contributed by atoms with van der Waals surface area (Å²) in [5.74, 6) is 0. The zero-order chi connectivity index (χ0) is 14.7. The van der Waals surface area contributed by atoms with E-state index in [0.717, 1.165) is 16.8 Å². The van der Waals surface area contributed by atoms with Crippen molar-refractivity contribution in [1.82, 2.24) is 4.98 Å². The average Bonchev–Trinajstić information content (AvgIpc) is 2.56. The van der Waals surface area contributed by atoms with E-state index in [1.807, 2.05) is 42.6 Å². The number of aromatic nitrogens is 1. The van der Waals surface area contributed by atoms with Crippen molar-refractivity contribution in [2.24, 2.45) is 0 Å². The SMILES string of the molecule is Cc1cnc(-c2cccc(C#N)c2)cc1-c1ccccc1. The minimum Gasteiger partial charge on any atom is -0.256 e. The van der Waals surface area contributed by atoms with Crippen LogP contribution in [-0.2, 0) is 0 Å². The molecule has 0 aliphatic carbocycles. The van der Waals surface area contributed by atoms with Gasteiger partial charge in [0.25, 0.3) is 0 Å². The third kappa shape index (κ3) is 2.68. The molecule has 21 heavy (non-hydrogen) atoms. The van der Waals surface area contributed by atoms with Gasteiger partial charge < -0.3 is 0 Å². The maximum atomic E-state index is 9.02. The molecule has 100 valence electrons. The summed E-state index contributed by atoms with van der Waals surface area (Å²) in [4.78, 5) is 4.50. The Morgan fingerprint density at radius 3 is 2.43 bits per heavy atom. The van der Waals surface area contributed by atoms with Gasteiger partial charge in [-0.25, -0.2) is 0 Å². The van der Waals surface area contributed by atoms with E-state index in [4.69, 9.17) is 5.26 Å². The van der Waals surface area contributed by atoms with Crippen LogP contribution in [0.5, 0.6) is 0 Å². The first-order valence-electron chi connectivity index (χ1n) is 6.80. The summed E-state index contributed by atoms with van der Waals surface area (Å²) in [7, 11) is 0. The molecule has 0 spiro atoms. The van der Waals surface area contributed by atoms with E-state index in [2.05, 4.69) is 36.2 Å². The molecular formula is C19H14N2. The lowest BCUT2D eigenvalue weighted by molar-refractivity contribution is 1.27. The molecule has 1 aromatic heterocycles. The topological polar surface area (TPSA) is 36.7 Å². The number of rotatable bonds is 2. The van der Waals surface area contributed by atoms with Crippen molar-refractivity contribution in [2.75, 3.05) is 0 Å². The first-order valence-corrected chi connectivity index (χ1v) is 6.80. The molecule has 0 saturated heterocycles. The van der Waals surface area contributed by atoms with Gasteiger partial charge in [0.2, 0.25) is 0 Å². The van der Waals surface area contributed by atoms with Crippen molar-refractivity contribution in [3.05, 3.63) is 78.0 Å². The van der Waals surface area contributed by atoms with Crippen molar-refractivity contribution < 1.29 is 0 Å². The number of aryl methyl sites for hydroxylation is 1. The largest absolute Gasteiger partial charge is 0.256 e. The molecular weight excluding hydrogens is 256 g/mol. The van der Waals surface area contributed by atoms with Gasteiger partial charge >= 0.3 is 0 Å². The van der Waals surface area contributed by atoms with Gasteiger partial charge in [-0.1, -0.05) is 42.5 Å². The maximum absolute atomic E-state index is 9.02. The molecule has 0 aliphatic heterocycles. The van der Waals surface area contributed by atoms with Crippen molar-refractivity contribution in [1.29, 1.82) is 5.26 Å². The number of nitrogens with zero attached hydrogens (tertiary/aromatic N) is 2. The van der Waals surface area contributed by atoms with Crippen LogP contribution in [0.25, 0.3) is 22.4 Å². The molecule has 0 saturated carbocycles. The second-order valence-corrected chi connectivity index (χ2v) is 4.94. The fourth-order valence-corrected chi connectivity index (χ4v) is 2.36. The first-order chi connectivity index (χ1) is 10.3. The van der Waals surface area contributed by atoms with Crippen LogP contribution < -0.4 is 0 Å². The zero-order valence-electron chi connectivity index (χ0n) is 11.7. The lowest BCUT2D eigenvalue weighted by Crippen LogP contribution is -1.90. The number of hydrogen-bond donors (Lipinski definition) is 0. The number of benzene rings is 2. The summed E-state index contributed by atoms with van der Waals surface area (Å²) in [6, 6.07) is 22.1. The highest BCUT2D eigenvalue weighted by Crippen LogP contribution is 2.27. The molecule has 0 N–H and O–H groups in total. The Morgan fingerprint density at radius 2 is 1.67 bits per heavy atom. The molecule has 0 amide bonds. The van der Waals surface area contributed by atoms with E-state index in [1.54, 1.807) is 6.07 Å². The second-order valence-electron chi connectivity index (χ2n) is 4.94.